The van der Waals surface area contributed by atoms with Crippen molar-refractivity contribution in [1.82, 2.24) is 9.55 Å². The lowest BCUT2D eigenvalue weighted by Crippen LogP contribution is -2.24. The molecule has 0 bridgehead atoms. The van der Waals surface area contributed by atoms with Crippen LogP contribution >= 0.6 is 0 Å². The van der Waals surface area contributed by atoms with E-state index in [2.05, 4.69) is 25.8 Å². The Kier molecular flexibility index (Phi) is 2.55. The Labute approximate surface area is 78.4 Å². The normalized spacial score (nSPS) is 11.7. The molecular weight excluding hydrogens is 164 g/mol. The van der Waals surface area contributed by atoms with E-state index in [1.54, 1.807) is 11.6 Å². The third kappa shape index (κ3) is 1.97. The second-order valence-corrected chi connectivity index (χ2v) is 3.96. The van der Waals surface area contributed by atoms with Gasteiger partial charge >= 0.3 is 0 Å². The molecule has 1 heterocycles. The average Bonchev–Trinajstić information content (AvgIpc) is 2.09. The summed E-state index contributed by atoms with van der Waals surface area (Å²) in [6, 6.07) is 0. The molecule has 0 aliphatic carbocycles. The first kappa shape index (κ1) is 9.96. The molecule has 0 amide bonds. The highest BCUT2D eigenvalue weighted by Gasteiger charge is 2.19. The molecule has 0 saturated heterocycles. The minimum atomic E-state index is -0.0596. The fraction of sp³-hybridized carbons (Fsp3) is 0.600. The summed E-state index contributed by atoms with van der Waals surface area (Å²) in [6.45, 7) is 6.37. The van der Waals surface area contributed by atoms with Crippen molar-refractivity contribution in [3.05, 3.63) is 28.4 Å². The lowest BCUT2D eigenvalue weighted by Gasteiger charge is -2.21. The molecule has 0 unspecified atom stereocenters. The van der Waals surface area contributed by atoms with E-state index in [9.17, 15) is 4.79 Å². The number of aryl methyl sites for hydroxylation is 1. The molecule has 0 N–H and O–H groups in total. The largest absolute Gasteiger partial charge is 0.315 e. The molecule has 0 aliphatic heterocycles. The van der Waals surface area contributed by atoms with Gasteiger partial charge in [0.2, 0.25) is 0 Å². The van der Waals surface area contributed by atoms with E-state index in [4.69, 9.17) is 0 Å². The Morgan fingerprint density at radius 2 is 2.15 bits per heavy atom. The van der Waals surface area contributed by atoms with Crippen molar-refractivity contribution < 1.29 is 0 Å². The van der Waals surface area contributed by atoms with Gasteiger partial charge in [-0.2, -0.15) is 0 Å². The van der Waals surface area contributed by atoms with E-state index >= 15 is 0 Å². The highest BCUT2D eigenvalue weighted by Crippen LogP contribution is 2.23. The van der Waals surface area contributed by atoms with Crippen molar-refractivity contribution in [3.63, 3.8) is 0 Å². The minimum absolute atomic E-state index is 0.0471. The van der Waals surface area contributed by atoms with Crippen molar-refractivity contribution in [2.45, 2.75) is 32.6 Å². The van der Waals surface area contributed by atoms with Crippen LogP contribution in [-0.2, 0) is 12.5 Å². The van der Waals surface area contributed by atoms with Gasteiger partial charge in [0.05, 0.1) is 11.9 Å². The summed E-state index contributed by atoms with van der Waals surface area (Å²) in [5.74, 6) is 0. The molecular formula is C10H16N2O. The van der Waals surface area contributed by atoms with Gasteiger partial charge in [-0.3, -0.25) is 9.78 Å². The van der Waals surface area contributed by atoms with Crippen LogP contribution in [0.4, 0.5) is 0 Å². The van der Waals surface area contributed by atoms with Crippen molar-refractivity contribution in [3.8, 4) is 0 Å². The van der Waals surface area contributed by atoms with Gasteiger partial charge in [-0.05, 0) is 6.42 Å². The maximum Gasteiger partial charge on any atom is 0.268 e. The molecule has 3 heteroatoms. The minimum Gasteiger partial charge on any atom is -0.315 e. The molecule has 0 fully saturated rings. The Hall–Kier alpha value is -1.12. The third-order valence-electron chi connectivity index (χ3n) is 2.55. The zero-order chi connectivity index (χ0) is 10.1. The molecule has 1 aromatic heterocycles. The Morgan fingerprint density at radius 1 is 1.54 bits per heavy atom. The van der Waals surface area contributed by atoms with E-state index in [-0.39, 0.29) is 11.0 Å². The summed E-state index contributed by atoms with van der Waals surface area (Å²) in [4.78, 5) is 15.2. The molecule has 1 aromatic rings. The van der Waals surface area contributed by atoms with Gasteiger partial charge in [0, 0.05) is 18.7 Å². The van der Waals surface area contributed by atoms with Gasteiger partial charge in [0.1, 0.15) is 0 Å². The van der Waals surface area contributed by atoms with E-state index in [0.717, 1.165) is 12.1 Å². The SMILES string of the molecule is CCC(C)(C)c1cn(C)c(=O)cn1. The molecule has 1 rings (SSSR count). The Balaban J connectivity index is 3.18. The van der Waals surface area contributed by atoms with Crippen LogP contribution in [0, 0.1) is 0 Å². The first-order valence-electron chi connectivity index (χ1n) is 4.50. The van der Waals surface area contributed by atoms with Crippen molar-refractivity contribution in [1.29, 1.82) is 0 Å². The highest BCUT2D eigenvalue weighted by atomic mass is 16.1. The van der Waals surface area contributed by atoms with Crippen LogP contribution in [0.2, 0.25) is 0 Å². The first-order chi connectivity index (χ1) is 5.97. The number of nitrogens with zero attached hydrogens (tertiary/aromatic N) is 2. The molecule has 0 aliphatic rings. The summed E-state index contributed by atoms with van der Waals surface area (Å²) in [6.07, 6.45) is 4.21. The van der Waals surface area contributed by atoms with Gasteiger partial charge in [0.15, 0.2) is 0 Å². The van der Waals surface area contributed by atoms with Gasteiger partial charge in [-0.1, -0.05) is 20.8 Å². The molecule has 72 valence electrons. The van der Waals surface area contributed by atoms with Crippen LogP contribution in [0.5, 0.6) is 0 Å². The topological polar surface area (TPSA) is 34.9 Å². The lowest BCUT2D eigenvalue weighted by molar-refractivity contribution is 0.483. The van der Waals surface area contributed by atoms with Crippen LogP contribution in [0.1, 0.15) is 32.9 Å². The molecule has 0 radical (unpaired) electrons. The standard InChI is InChI=1S/C10H16N2O/c1-5-10(2,3)8-7-12(4)9(13)6-11-8/h6-7H,5H2,1-4H3. The van der Waals surface area contributed by atoms with E-state index in [1.165, 1.54) is 6.20 Å². The molecule has 0 spiro atoms. The maximum atomic E-state index is 11.1. The van der Waals surface area contributed by atoms with Gasteiger partial charge in [-0.25, -0.2) is 0 Å². The van der Waals surface area contributed by atoms with Crippen molar-refractivity contribution >= 4 is 0 Å². The number of rotatable bonds is 2. The van der Waals surface area contributed by atoms with E-state index < -0.39 is 0 Å². The van der Waals surface area contributed by atoms with Crippen LogP contribution in [0.25, 0.3) is 0 Å². The lowest BCUT2D eigenvalue weighted by atomic mass is 9.87. The quantitative estimate of drug-likeness (QED) is 0.690. The van der Waals surface area contributed by atoms with Crippen molar-refractivity contribution in [2.24, 2.45) is 7.05 Å². The summed E-state index contributed by atoms with van der Waals surface area (Å²) in [5.41, 5.74) is 0.957. The Bertz CT molecular complexity index is 352. The predicted octanol–water partition coefficient (Wildman–Crippen LogP) is 1.47. The van der Waals surface area contributed by atoms with Gasteiger partial charge < -0.3 is 4.57 Å². The number of aromatic nitrogens is 2. The van der Waals surface area contributed by atoms with Crippen LogP contribution in [0.15, 0.2) is 17.2 Å². The fourth-order valence-corrected chi connectivity index (χ4v) is 1.03. The third-order valence-corrected chi connectivity index (χ3v) is 2.55. The molecule has 0 atom stereocenters. The van der Waals surface area contributed by atoms with Crippen molar-refractivity contribution in [2.75, 3.05) is 0 Å². The van der Waals surface area contributed by atoms with E-state index in [1.807, 2.05) is 6.20 Å². The monoisotopic (exact) mass is 180 g/mol. The number of hydrogen-bond donors (Lipinski definition) is 0. The molecule has 0 aromatic carbocycles. The average molecular weight is 180 g/mol. The smallest absolute Gasteiger partial charge is 0.268 e. The fourth-order valence-electron chi connectivity index (χ4n) is 1.03. The van der Waals surface area contributed by atoms with Crippen LogP contribution in [0.3, 0.4) is 0 Å². The van der Waals surface area contributed by atoms with E-state index in [0.29, 0.717) is 0 Å². The second-order valence-electron chi connectivity index (χ2n) is 3.96. The first-order valence-corrected chi connectivity index (χ1v) is 4.50. The van der Waals surface area contributed by atoms with Gasteiger partial charge in [0.25, 0.3) is 5.56 Å². The summed E-state index contributed by atoms with van der Waals surface area (Å²) < 4.78 is 1.57. The molecule has 3 nitrogen and oxygen atoms in total. The maximum absolute atomic E-state index is 11.1. The molecule has 13 heavy (non-hydrogen) atoms. The van der Waals surface area contributed by atoms with Gasteiger partial charge in [-0.15, -0.1) is 0 Å². The Morgan fingerprint density at radius 3 is 2.62 bits per heavy atom. The number of hydrogen-bond acceptors (Lipinski definition) is 2. The zero-order valence-corrected chi connectivity index (χ0v) is 8.66. The zero-order valence-electron chi connectivity index (χ0n) is 8.66. The molecule has 0 saturated carbocycles. The summed E-state index contributed by atoms with van der Waals surface area (Å²) in [5, 5.41) is 0. The highest BCUT2D eigenvalue weighted by molar-refractivity contribution is 5.09. The second kappa shape index (κ2) is 3.32. The summed E-state index contributed by atoms with van der Waals surface area (Å²) >= 11 is 0. The van der Waals surface area contributed by atoms with Crippen LogP contribution < -0.4 is 5.56 Å². The summed E-state index contributed by atoms with van der Waals surface area (Å²) in [7, 11) is 1.75. The van der Waals surface area contributed by atoms with Crippen LogP contribution in [-0.4, -0.2) is 9.55 Å². The predicted molar refractivity (Wildman–Crippen MR) is 52.8 cm³/mol.